The van der Waals surface area contributed by atoms with Crippen LogP contribution in [-0.2, 0) is 0 Å². The minimum Gasteiger partial charge on any atom is -0.460 e. The standard InChI is InChI=1S/C19H27N5O2.2ClH/c1-13(2)17(20)18(25)24-9-6-15(7-10-24)26-19-22-11-14(12-23-19)16-5-3-4-8-21-16;;/h3-5,8,11-13,15,17-18,25H,6-7,9-10,20H2,1-2H3;2*1H/t17?,18-;;/m0../s1. The average Bonchev–Trinajstić information content (AvgIpc) is 2.68. The van der Waals surface area contributed by atoms with Crippen LogP contribution in [0, 0.1) is 5.92 Å². The summed E-state index contributed by atoms with van der Waals surface area (Å²) in [6.45, 7) is 5.54. The zero-order valence-corrected chi connectivity index (χ0v) is 17.8. The molecule has 0 radical (unpaired) electrons. The first-order valence-corrected chi connectivity index (χ1v) is 9.12. The van der Waals surface area contributed by atoms with Crippen LogP contribution in [0.3, 0.4) is 0 Å². The molecule has 1 unspecified atom stereocenters. The van der Waals surface area contributed by atoms with Crippen molar-refractivity contribution in [1.82, 2.24) is 19.9 Å². The molecule has 9 heteroatoms. The lowest BCUT2D eigenvalue weighted by molar-refractivity contribution is -0.0510. The van der Waals surface area contributed by atoms with E-state index in [2.05, 4.69) is 15.0 Å². The molecule has 28 heavy (non-hydrogen) atoms. The lowest BCUT2D eigenvalue weighted by Gasteiger charge is -2.37. The van der Waals surface area contributed by atoms with Crippen LogP contribution in [0.2, 0.25) is 0 Å². The number of piperidine rings is 1. The monoisotopic (exact) mass is 429 g/mol. The van der Waals surface area contributed by atoms with Crippen molar-refractivity contribution in [2.75, 3.05) is 13.1 Å². The van der Waals surface area contributed by atoms with Gasteiger partial charge in [-0.05, 0) is 30.9 Å². The third-order valence-corrected chi connectivity index (χ3v) is 4.83. The second-order valence-corrected chi connectivity index (χ2v) is 7.06. The van der Waals surface area contributed by atoms with Gasteiger partial charge in [0.15, 0.2) is 0 Å². The van der Waals surface area contributed by atoms with E-state index in [1.54, 1.807) is 18.6 Å². The lowest BCUT2D eigenvalue weighted by Crippen LogP contribution is -2.53. The van der Waals surface area contributed by atoms with Gasteiger partial charge in [-0.3, -0.25) is 9.88 Å². The van der Waals surface area contributed by atoms with Crippen molar-refractivity contribution in [3.05, 3.63) is 36.8 Å². The van der Waals surface area contributed by atoms with Crippen molar-refractivity contribution >= 4 is 24.8 Å². The number of rotatable bonds is 6. The second kappa shape index (κ2) is 11.5. The topological polar surface area (TPSA) is 97.4 Å². The zero-order chi connectivity index (χ0) is 18.5. The van der Waals surface area contributed by atoms with E-state index in [1.807, 2.05) is 36.9 Å². The minimum absolute atomic E-state index is 0. The van der Waals surface area contributed by atoms with Gasteiger partial charge in [0.1, 0.15) is 12.3 Å². The summed E-state index contributed by atoms with van der Waals surface area (Å²) in [6, 6.07) is 5.86. The van der Waals surface area contributed by atoms with Gasteiger partial charge in [-0.25, -0.2) is 9.97 Å². The van der Waals surface area contributed by atoms with Crippen LogP contribution in [0.25, 0.3) is 11.3 Å². The fourth-order valence-electron chi connectivity index (χ4n) is 3.04. The first-order valence-electron chi connectivity index (χ1n) is 9.12. The number of aliphatic hydroxyl groups excluding tert-OH is 1. The highest BCUT2D eigenvalue weighted by Crippen LogP contribution is 2.20. The highest BCUT2D eigenvalue weighted by Gasteiger charge is 2.29. The van der Waals surface area contributed by atoms with Crippen molar-refractivity contribution in [1.29, 1.82) is 0 Å². The van der Waals surface area contributed by atoms with Crippen molar-refractivity contribution in [2.45, 2.75) is 45.1 Å². The number of aromatic nitrogens is 3. The normalized spacial score (nSPS) is 17.3. The number of hydrogen-bond acceptors (Lipinski definition) is 7. The van der Waals surface area contributed by atoms with Gasteiger partial charge in [0.25, 0.3) is 0 Å². The Bertz CT molecular complexity index is 682. The highest BCUT2D eigenvalue weighted by molar-refractivity contribution is 5.85. The first kappa shape index (κ1) is 24.5. The summed E-state index contributed by atoms with van der Waals surface area (Å²) in [5, 5.41) is 10.4. The Morgan fingerprint density at radius 2 is 1.75 bits per heavy atom. The predicted octanol–water partition coefficient (Wildman–Crippen LogP) is 2.53. The zero-order valence-electron chi connectivity index (χ0n) is 16.1. The maximum Gasteiger partial charge on any atom is 0.316 e. The molecule has 1 aliphatic rings. The fraction of sp³-hybridized carbons (Fsp3) is 0.526. The van der Waals surface area contributed by atoms with Gasteiger partial charge in [0.2, 0.25) is 0 Å². The number of aliphatic hydroxyl groups is 1. The Balaban J connectivity index is 0.00000196. The third kappa shape index (κ3) is 6.25. The van der Waals surface area contributed by atoms with E-state index in [1.165, 1.54) is 0 Å². The number of nitrogens with zero attached hydrogens (tertiary/aromatic N) is 4. The molecule has 0 aliphatic carbocycles. The number of nitrogens with two attached hydrogens (primary N) is 1. The summed E-state index contributed by atoms with van der Waals surface area (Å²) < 4.78 is 5.90. The molecule has 1 saturated heterocycles. The molecule has 3 rings (SSSR count). The van der Waals surface area contributed by atoms with Crippen LogP contribution < -0.4 is 10.5 Å². The van der Waals surface area contributed by atoms with Gasteiger partial charge in [-0.2, -0.15) is 0 Å². The Labute approximate surface area is 178 Å². The SMILES string of the molecule is CC(C)C(N)[C@H](O)N1CCC(Oc2ncc(-c3ccccn3)cn2)CC1.Cl.Cl. The van der Waals surface area contributed by atoms with E-state index in [9.17, 15) is 5.11 Å². The molecule has 1 fully saturated rings. The van der Waals surface area contributed by atoms with Gasteiger partial charge in [0, 0.05) is 43.3 Å². The number of halogens is 2. The Morgan fingerprint density at radius 1 is 1.11 bits per heavy atom. The number of pyridine rings is 1. The van der Waals surface area contributed by atoms with Gasteiger partial charge in [-0.15, -0.1) is 24.8 Å². The molecule has 2 aromatic rings. The Hall–Kier alpha value is -1.51. The van der Waals surface area contributed by atoms with Crippen LogP contribution in [0.1, 0.15) is 26.7 Å². The molecule has 1 aliphatic heterocycles. The molecule has 0 spiro atoms. The largest absolute Gasteiger partial charge is 0.460 e. The van der Waals surface area contributed by atoms with Crippen LogP contribution in [0.4, 0.5) is 0 Å². The van der Waals surface area contributed by atoms with Crippen molar-refractivity contribution < 1.29 is 9.84 Å². The summed E-state index contributed by atoms with van der Waals surface area (Å²) in [5.74, 6) is 0.241. The van der Waals surface area contributed by atoms with E-state index < -0.39 is 6.23 Å². The summed E-state index contributed by atoms with van der Waals surface area (Å²) in [6.07, 6.45) is 6.27. The molecule has 0 amide bonds. The van der Waals surface area contributed by atoms with Gasteiger partial charge in [-0.1, -0.05) is 19.9 Å². The molecule has 0 saturated carbocycles. The molecule has 0 bridgehead atoms. The quantitative estimate of drug-likeness (QED) is 0.727. The summed E-state index contributed by atoms with van der Waals surface area (Å²) >= 11 is 0. The second-order valence-electron chi connectivity index (χ2n) is 7.06. The lowest BCUT2D eigenvalue weighted by atomic mass is 10.0. The van der Waals surface area contributed by atoms with Crippen molar-refractivity contribution in [3.8, 4) is 17.3 Å². The fourth-order valence-corrected chi connectivity index (χ4v) is 3.04. The molecule has 3 N–H and O–H groups in total. The van der Waals surface area contributed by atoms with Crippen LogP contribution in [0.15, 0.2) is 36.8 Å². The summed E-state index contributed by atoms with van der Waals surface area (Å²) in [7, 11) is 0. The number of hydrogen-bond donors (Lipinski definition) is 2. The van der Waals surface area contributed by atoms with E-state index in [4.69, 9.17) is 10.5 Å². The summed E-state index contributed by atoms with van der Waals surface area (Å²) in [5.41, 5.74) is 7.76. The van der Waals surface area contributed by atoms with E-state index in [0.717, 1.165) is 37.2 Å². The number of likely N-dealkylation sites (tertiary alicyclic amines) is 1. The van der Waals surface area contributed by atoms with Gasteiger partial charge in [0.05, 0.1) is 5.69 Å². The summed E-state index contributed by atoms with van der Waals surface area (Å²) in [4.78, 5) is 14.9. The van der Waals surface area contributed by atoms with Crippen LogP contribution >= 0.6 is 24.8 Å². The van der Waals surface area contributed by atoms with Crippen molar-refractivity contribution in [2.24, 2.45) is 11.7 Å². The average molecular weight is 430 g/mol. The third-order valence-electron chi connectivity index (χ3n) is 4.83. The van der Waals surface area contributed by atoms with E-state index in [-0.39, 0.29) is 42.9 Å². The molecule has 3 heterocycles. The van der Waals surface area contributed by atoms with E-state index in [0.29, 0.717) is 6.01 Å². The molecule has 2 aromatic heterocycles. The molecule has 0 aromatic carbocycles. The molecule has 156 valence electrons. The molecule has 2 atom stereocenters. The smallest absolute Gasteiger partial charge is 0.316 e. The van der Waals surface area contributed by atoms with Crippen LogP contribution in [0.5, 0.6) is 6.01 Å². The maximum absolute atomic E-state index is 10.4. The molecular weight excluding hydrogens is 401 g/mol. The Kier molecular flexibility index (Phi) is 10.1. The minimum atomic E-state index is -0.607. The highest BCUT2D eigenvalue weighted by atomic mass is 35.5. The maximum atomic E-state index is 10.4. The predicted molar refractivity (Wildman–Crippen MR) is 114 cm³/mol. The van der Waals surface area contributed by atoms with Crippen molar-refractivity contribution in [3.63, 3.8) is 0 Å². The van der Waals surface area contributed by atoms with Gasteiger partial charge >= 0.3 is 6.01 Å². The molecular formula is C19H29Cl2N5O2. The first-order chi connectivity index (χ1) is 12.5. The Morgan fingerprint density at radius 3 is 2.29 bits per heavy atom. The van der Waals surface area contributed by atoms with Gasteiger partial charge < -0.3 is 15.6 Å². The van der Waals surface area contributed by atoms with Crippen LogP contribution in [-0.4, -0.2) is 56.4 Å². The number of ether oxygens (including phenoxy) is 1. The molecule has 7 nitrogen and oxygen atoms in total. The van der Waals surface area contributed by atoms with E-state index >= 15 is 0 Å².